The molecule has 1 rings (SSSR count). The quantitative estimate of drug-likeness (QED) is 0.709. The number of aliphatic hydroxyl groups excluding tert-OH is 1. The number of benzene rings is 1. The highest BCUT2D eigenvalue weighted by Gasteiger charge is 2.13. The molecule has 0 aliphatic heterocycles. The molecule has 1 amide bonds. The highest BCUT2D eigenvalue weighted by molar-refractivity contribution is 5.80. The molecule has 1 atom stereocenters. The van der Waals surface area contributed by atoms with E-state index in [4.69, 9.17) is 9.84 Å². The largest absolute Gasteiger partial charge is 0.481 e. The zero-order valence-corrected chi connectivity index (χ0v) is 11.7. The summed E-state index contributed by atoms with van der Waals surface area (Å²) < 4.78 is 5.55. The molecule has 0 bridgehead atoms. The molecule has 0 spiro atoms. The second-order valence-corrected chi connectivity index (χ2v) is 4.56. The van der Waals surface area contributed by atoms with Gasteiger partial charge in [-0.3, -0.25) is 4.79 Å². The SMILES string of the molecule is CCCCCNC(=O)C(C)Oc1cccc(CO)c1. The first kappa shape index (κ1) is 15.5. The molecule has 0 saturated heterocycles. The van der Waals surface area contributed by atoms with Crippen molar-refractivity contribution in [3.8, 4) is 5.75 Å². The Kier molecular flexibility index (Phi) is 6.97. The molecular weight excluding hydrogens is 242 g/mol. The van der Waals surface area contributed by atoms with Crippen LogP contribution in [0.1, 0.15) is 38.7 Å². The topological polar surface area (TPSA) is 58.6 Å². The number of rotatable bonds is 8. The summed E-state index contributed by atoms with van der Waals surface area (Å²) >= 11 is 0. The average molecular weight is 265 g/mol. The van der Waals surface area contributed by atoms with E-state index in [9.17, 15) is 4.79 Å². The van der Waals surface area contributed by atoms with Gasteiger partial charge in [0.05, 0.1) is 6.61 Å². The van der Waals surface area contributed by atoms with Crippen LogP contribution in [0.4, 0.5) is 0 Å². The predicted octanol–water partition coefficient (Wildman–Crippen LogP) is 2.25. The molecule has 4 heteroatoms. The molecule has 0 saturated carbocycles. The number of amides is 1. The first-order valence-corrected chi connectivity index (χ1v) is 6.81. The van der Waals surface area contributed by atoms with Gasteiger partial charge in [0.15, 0.2) is 6.10 Å². The Labute approximate surface area is 114 Å². The van der Waals surface area contributed by atoms with Crippen LogP contribution >= 0.6 is 0 Å². The van der Waals surface area contributed by atoms with Crippen molar-refractivity contribution in [2.75, 3.05) is 6.54 Å². The molecular formula is C15H23NO3. The Morgan fingerprint density at radius 2 is 2.21 bits per heavy atom. The molecule has 0 heterocycles. The lowest BCUT2D eigenvalue weighted by Crippen LogP contribution is -2.36. The molecule has 1 unspecified atom stereocenters. The minimum atomic E-state index is -0.532. The van der Waals surface area contributed by atoms with Crippen LogP contribution in [-0.4, -0.2) is 23.7 Å². The number of aliphatic hydroxyl groups is 1. The summed E-state index contributed by atoms with van der Waals surface area (Å²) in [6.07, 6.45) is 2.72. The van der Waals surface area contributed by atoms with Gasteiger partial charge in [-0.2, -0.15) is 0 Å². The molecule has 1 aromatic rings. The van der Waals surface area contributed by atoms with Gasteiger partial charge in [-0.25, -0.2) is 0 Å². The lowest BCUT2D eigenvalue weighted by molar-refractivity contribution is -0.127. The number of ether oxygens (including phenoxy) is 1. The summed E-state index contributed by atoms with van der Waals surface area (Å²) in [6.45, 7) is 4.51. The first-order valence-electron chi connectivity index (χ1n) is 6.81. The lowest BCUT2D eigenvalue weighted by Gasteiger charge is -2.15. The van der Waals surface area contributed by atoms with Crippen LogP contribution in [0.3, 0.4) is 0 Å². The smallest absolute Gasteiger partial charge is 0.260 e. The maximum Gasteiger partial charge on any atom is 0.260 e. The van der Waals surface area contributed by atoms with Crippen LogP contribution in [0.5, 0.6) is 5.75 Å². The minimum Gasteiger partial charge on any atom is -0.481 e. The van der Waals surface area contributed by atoms with Crippen molar-refractivity contribution in [3.63, 3.8) is 0 Å². The number of unbranched alkanes of at least 4 members (excludes halogenated alkanes) is 2. The number of hydrogen-bond donors (Lipinski definition) is 2. The van der Waals surface area contributed by atoms with E-state index < -0.39 is 6.10 Å². The van der Waals surface area contributed by atoms with Crippen molar-refractivity contribution < 1.29 is 14.6 Å². The van der Waals surface area contributed by atoms with E-state index in [1.807, 2.05) is 6.07 Å². The molecule has 0 aliphatic rings. The summed E-state index contributed by atoms with van der Waals surface area (Å²) in [4.78, 5) is 11.8. The summed E-state index contributed by atoms with van der Waals surface area (Å²) in [5, 5.41) is 11.9. The first-order chi connectivity index (χ1) is 9.17. The summed E-state index contributed by atoms with van der Waals surface area (Å²) in [6, 6.07) is 7.12. The Bertz CT molecular complexity index is 393. The molecule has 2 N–H and O–H groups in total. The minimum absolute atomic E-state index is 0.0329. The van der Waals surface area contributed by atoms with Gasteiger partial charge in [0.25, 0.3) is 5.91 Å². The lowest BCUT2D eigenvalue weighted by atomic mass is 10.2. The van der Waals surface area contributed by atoms with Crippen LogP contribution in [-0.2, 0) is 11.4 Å². The van der Waals surface area contributed by atoms with Crippen molar-refractivity contribution in [1.82, 2.24) is 5.32 Å². The van der Waals surface area contributed by atoms with Crippen LogP contribution in [0, 0.1) is 0 Å². The normalized spacial score (nSPS) is 11.9. The van der Waals surface area contributed by atoms with Crippen molar-refractivity contribution in [2.45, 2.75) is 45.8 Å². The second-order valence-electron chi connectivity index (χ2n) is 4.56. The van der Waals surface area contributed by atoms with E-state index in [0.717, 1.165) is 24.8 Å². The Balaban J connectivity index is 2.40. The molecule has 4 nitrogen and oxygen atoms in total. The zero-order chi connectivity index (χ0) is 14.1. The fourth-order valence-corrected chi connectivity index (χ4v) is 1.71. The van der Waals surface area contributed by atoms with Gasteiger partial charge >= 0.3 is 0 Å². The van der Waals surface area contributed by atoms with Crippen molar-refractivity contribution in [2.24, 2.45) is 0 Å². The average Bonchev–Trinajstić information content (AvgIpc) is 2.43. The van der Waals surface area contributed by atoms with E-state index in [0.29, 0.717) is 12.3 Å². The number of carbonyl (C=O) groups excluding carboxylic acids is 1. The predicted molar refractivity (Wildman–Crippen MR) is 75.0 cm³/mol. The number of carbonyl (C=O) groups is 1. The van der Waals surface area contributed by atoms with E-state index in [-0.39, 0.29) is 12.5 Å². The molecule has 0 aromatic heterocycles. The van der Waals surface area contributed by atoms with Crippen molar-refractivity contribution >= 4 is 5.91 Å². The van der Waals surface area contributed by atoms with Gasteiger partial charge in [0.2, 0.25) is 0 Å². The number of hydrogen-bond acceptors (Lipinski definition) is 3. The maximum atomic E-state index is 11.8. The molecule has 0 fully saturated rings. The highest BCUT2D eigenvalue weighted by atomic mass is 16.5. The fourth-order valence-electron chi connectivity index (χ4n) is 1.71. The third-order valence-corrected chi connectivity index (χ3v) is 2.84. The van der Waals surface area contributed by atoms with Crippen molar-refractivity contribution in [3.05, 3.63) is 29.8 Å². The maximum absolute atomic E-state index is 11.8. The van der Waals surface area contributed by atoms with Crippen LogP contribution < -0.4 is 10.1 Å². The van der Waals surface area contributed by atoms with E-state index in [1.54, 1.807) is 25.1 Å². The van der Waals surface area contributed by atoms with Gasteiger partial charge in [-0.15, -0.1) is 0 Å². The second kappa shape index (κ2) is 8.53. The Morgan fingerprint density at radius 3 is 2.89 bits per heavy atom. The third-order valence-electron chi connectivity index (χ3n) is 2.84. The summed E-state index contributed by atoms with van der Waals surface area (Å²) in [7, 11) is 0. The van der Waals surface area contributed by atoms with Gasteiger partial charge in [0, 0.05) is 6.54 Å². The Morgan fingerprint density at radius 1 is 1.42 bits per heavy atom. The van der Waals surface area contributed by atoms with E-state index in [1.165, 1.54) is 0 Å². The van der Waals surface area contributed by atoms with Gasteiger partial charge in [-0.05, 0) is 31.0 Å². The number of nitrogens with one attached hydrogen (secondary N) is 1. The highest BCUT2D eigenvalue weighted by Crippen LogP contribution is 2.14. The standard InChI is InChI=1S/C15H23NO3/c1-3-4-5-9-16-15(18)12(2)19-14-8-6-7-13(10-14)11-17/h6-8,10,12,17H,3-5,9,11H2,1-2H3,(H,16,18). The Hall–Kier alpha value is -1.55. The fraction of sp³-hybridized carbons (Fsp3) is 0.533. The van der Waals surface area contributed by atoms with E-state index >= 15 is 0 Å². The molecule has 0 radical (unpaired) electrons. The van der Waals surface area contributed by atoms with Crippen molar-refractivity contribution in [1.29, 1.82) is 0 Å². The van der Waals surface area contributed by atoms with Gasteiger partial charge in [0.1, 0.15) is 5.75 Å². The monoisotopic (exact) mass is 265 g/mol. The van der Waals surface area contributed by atoms with E-state index in [2.05, 4.69) is 12.2 Å². The molecule has 19 heavy (non-hydrogen) atoms. The third kappa shape index (κ3) is 5.75. The van der Waals surface area contributed by atoms with Gasteiger partial charge < -0.3 is 15.2 Å². The molecule has 0 aliphatic carbocycles. The summed E-state index contributed by atoms with van der Waals surface area (Å²) in [5.41, 5.74) is 0.771. The molecule has 1 aromatic carbocycles. The van der Waals surface area contributed by atoms with Gasteiger partial charge in [-0.1, -0.05) is 31.9 Å². The zero-order valence-electron chi connectivity index (χ0n) is 11.7. The van der Waals surface area contributed by atoms with Crippen LogP contribution in [0.15, 0.2) is 24.3 Å². The van der Waals surface area contributed by atoms with Crippen LogP contribution in [0.2, 0.25) is 0 Å². The summed E-state index contributed by atoms with van der Waals surface area (Å²) in [5.74, 6) is 0.494. The molecule has 106 valence electrons. The van der Waals surface area contributed by atoms with Crippen LogP contribution in [0.25, 0.3) is 0 Å².